The number of carbonyl (C=O) groups is 1. The van der Waals surface area contributed by atoms with Gasteiger partial charge in [-0.3, -0.25) is 4.79 Å². The van der Waals surface area contributed by atoms with Crippen LogP contribution in [0.15, 0.2) is 54.7 Å². The molecule has 2 aromatic heterocycles. The Bertz CT molecular complexity index is 1100. The quantitative estimate of drug-likeness (QED) is 0.383. The largest absolute Gasteiger partial charge is 0.399 e. The van der Waals surface area contributed by atoms with Crippen molar-refractivity contribution in [2.24, 2.45) is 0 Å². The average Bonchev–Trinajstić information content (AvgIpc) is 3.13. The number of aldehydes is 1. The Morgan fingerprint density at radius 2 is 1.88 bits per heavy atom. The van der Waals surface area contributed by atoms with E-state index in [-0.39, 0.29) is 0 Å². The third kappa shape index (κ3) is 2.88. The van der Waals surface area contributed by atoms with E-state index in [0.29, 0.717) is 22.9 Å². The average molecular weight is 343 g/mol. The molecule has 4 rings (SSSR count). The van der Waals surface area contributed by atoms with Gasteiger partial charge in [0, 0.05) is 28.7 Å². The smallest absolute Gasteiger partial charge is 0.162 e. The maximum absolute atomic E-state index is 11.1. The molecule has 4 aromatic rings. The van der Waals surface area contributed by atoms with Crippen LogP contribution in [-0.2, 0) is 0 Å². The number of H-pyrrole nitrogens is 1. The number of rotatable bonds is 4. The van der Waals surface area contributed by atoms with Gasteiger partial charge in [-0.1, -0.05) is 12.1 Å². The topological polar surface area (TPSA) is 96.7 Å². The molecule has 0 aliphatic carbocycles. The van der Waals surface area contributed by atoms with Crippen molar-refractivity contribution in [3.05, 3.63) is 65.9 Å². The van der Waals surface area contributed by atoms with Crippen molar-refractivity contribution < 1.29 is 4.79 Å². The van der Waals surface area contributed by atoms with Crippen LogP contribution in [0, 0.1) is 6.92 Å². The number of fused-ring (bicyclic) bond motifs is 1. The molecule has 2 heterocycles. The van der Waals surface area contributed by atoms with Crippen molar-refractivity contribution in [3.8, 4) is 11.4 Å². The number of nitrogens with one attached hydrogen (secondary N) is 2. The second-order valence-electron chi connectivity index (χ2n) is 6.07. The zero-order chi connectivity index (χ0) is 18.1. The molecule has 6 heteroatoms. The van der Waals surface area contributed by atoms with Gasteiger partial charge in [-0.2, -0.15) is 0 Å². The van der Waals surface area contributed by atoms with Crippen molar-refractivity contribution in [1.82, 2.24) is 15.0 Å². The molecule has 0 fully saturated rings. The van der Waals surface area contributed by atoms with E-state index < -0.39 is 0 Å². The molecule has 0 amide bonds. The number of nitrogens with two attached hydrogens (primary N) is 1. The highest BCUT2D eigenvalue weighted by Crippen LogP contribution is 2.28. The summed E-state index contributed by atoms with van der Waals surface area (Å²) in [4.78, 5) is 23.6. The Morgan fingerprint density at radius 3 is 2.65 bits per heavy atom. The summed E-state index contributed by atoms with van der Waals surface area (Å²) in [5.41, 5.74) is 11.4. The lowest BCUT2D eigenvalue weighted by Gasteiger charge is -2.12. The van der Waals surface area contributed by atoms with Crippen molar-refractivity contribution in [3.63, 3.8) is 0 Å². The Balaban J connectivity index is 1.83. The monoisotopic (exact) mass is 343 g/mol. The van der Waals surface area contributed by atoms with E-state index in [1.165, 1.54) is 0 Å². The first-order valence-corrected chi connectivity index (χ1v) is 8.18. The van der Waals surface area contributed by atoms with Crippen LogP contribution in [0.25, 0.3) is 22.4 Å². The number of carbonyl (C=O) groups excluding carboxylic acids is 1. The minimum atomic E-state index is 0.601. The Morgan fingerprint density at radius 1 is 1.08 bits per heavy atom. The van der Waals surface area contributed by atoms with E-state index in [9.17, 15) is 4.79 Å². The Labute approximate surface area is 150 Å². The minimum Gasteiger partial charge on any atom is -0.399 e. The number of nitrogen functional groups attached to an aromatic ring is 1. The van der Waals surface area contributed by atoms with Gasteiger partial charge in [-0.25, -0.2) is 9.97 Å². The highest BCUT2D eigenvalue weighted by atomic mass is 16.1. The Kier molecular flexibility index (Phi) is 3.85. The van der Waals surface area contributed by atoms with Crippen LogP contribution in [0.2, 0.25) is 0 Å². The van der Waals surface area contributed by atoms with Gasteiger partial charge in [-0.15, -0.1) is 0 Å². The normalized spacial score (nSPS) is 10.8. The fraction of sp³-hybridized carbons (Fsp3) is 0.0500. The van der Waals surface area contributed by atoms with Gasteiger partial charge < -0.3 is 16.0 Å². The van der Waals surface area contributed by atoms with Gasteiger partial charge in [0.2, 0.25) is 0 Å². The van der Waals surface area contributed by atoms with Crippen LogP contribution < -0.4 is 11.1 Å². The second-order valence-corrected chi connectivity index (χ2v) is 6.07. The molecule has 0 bridgehead atoms. The van der Waals surface area contributed by atoms with Crippen LogP contribution in [-0.4, -0.2) is 21.2 Å². The Hall–Kier alpha value is -3.67. The van der Waals surface area contributed by atoms with E-state index in [1.807, 2.05) is 55.6 Å². The maximum Gasteiger partial charge on any atom is 0.162 e. The number of nitrogens with zero attached hydrogens (tertiary/aromatic N) is 2. The third-order valence-corrected chi connectivity index (χ3v) is 4.23. The van der Waals surface area contributed by atoms with E-state index in [2.05, 4.69) is 20.3 Å². The summed E-state index contributed by atoms with van der Waals surface area (Å²) in [6.07, 6.45) is 2.65. The molecular formula is C20H17N5O. The van der Waals surface area contributed by atoms with Crippen LogP contribution in [0.3, 0.4) is 0 Å². The summed E-state index contributed by atoms with van der Waals surface area (Å²) < 4.78 is 0. The highest BCUT2D eigenvalue weighted by Gasteiger charge is 2.12. The predicted octanol–water partition coefficient (Wildman–Crippen LogP) is 4.07. The standard InChI is InChI=1S/C20H17N5O/c1-12-2-3-13(11-26)10-17(12)24-20-18-16(8-9-22-18)23-19(25-20)14-4-6-15(21)7-5-14/h2-11,22H,21H2,1H3,(H,23,24,25). The van der Waals surface area contributed by atoms with Crippen LogP contribution >= 0.6 is 0 Å². The van der Waals surface area contributed by atoms with Gasteiger partial charge >= 0.3 is 0 Å². The van der Waals surface area contributed by atoms with E-state index in [1.54, 1.807) is 6.07 Å². The molecule has 0 spiro atoms. The molecule has 6 nitrogen and oxygen atoms in total. The van der Waals surface area contributed by atoms with Crippen LogP contribution in [0.1, 0.15) is 15.9 Å². The zero-order valence-corrected chi connectivity index (χ0v) is 14.2. The fourth-order valence-corrected chi connectivity index (χ4v) is 2.77. The maximum atomic E-state index is 11.1. The van der Waals surface area contributed by atoms with Crippen molar-refractivity contribution in [2.75, 3.05) is 11.1 Å². The van der Waals surface area contributed by atoms with E-state index >= 15 is 0 Å². The van der Waals surface area contributed by atoms with E-state index in [0.717, 1.165) is 34.1 Å². The molecule has 0 atom stereocenters. The molecule has 0 saturated carbocycles. The number of aromatic amines is 1. The fourth-order valence-electron chi connectivity index (χ4n) is 2.77. The zero-order valence-electron chi connectivity index (χ0n) is 14.2. The first-order valence-electron chi connectivity index (χ1n) is 8.18. The van der Waals surface area contributed by atoms with Gasteiger partial charge in [0.25, 0.3) is 0 Å². The summed E-state index contributed by atoms with van der Waals surface area (Å²) in [6.45, 7) is 1.98. The predicted molar refractivity (Wildman–Crippen MR) is 104 cm³/mol. The third-order valence-electron chi connectivity index (χ3n) is 4.23. The summed E-state index contributed by atoms with van der Waals surface area (Å²) in [6, 6.07) is 14.8. The minimum absolute atomic E-state index is 0.601. The lowest BCUT2D eigenvalue weighted by atomic mass is 10.1. The van der Waals surface area contributed by atoms with Crippen LogP contribution in [0.5, 0.6) is 0 Å². The first kappa shape index (κ1) is 15.8. The summed E-state index contributed by atoms with van der Waals surface area (Å²) in [5.74, 6) is 1.25. The molecule has 4 N–H and O–H groups in total. The van der Waals surface area contributed by atoms with E-state index in [4.69, 9.17) is 5.73 Å². The number of anilines is 3. The van der Waals surface area contributed by atoms with Crippen molar-refractivity contribution in [2.45, 2.75) is 6.92 Å². The molecule has 2 aromatic carbocycles. The number of aromatic nitrogens is 3. The molecular weight excluding hydrogens is 326 g/mol. The molecule has 0 saturated heterocycles. The van der Waals surface area contributed by atoms with Gasteiger partial charge in [0.15, 0.2) is 11.6 Å². The molecule has 0 radical (unpaired) electrons. The number of aryl methyl sites for hydroxylation is 1. The number of hydrogen-bond acceptors (Lipinski definition) is 5. The number of hydrogen-bond donors (Lipinski definition) is 3. The molecule has 0 aliphatic rings. The lowest BCUT2D eigenvalue weighted by Crippen LogP contribution is -2.01. The summed E-state index contributed by atoms with van der Waals surface area (Å²) in [7, 11) is 0. The SMILES string of the molecule is Cc1ccc(C=O)cc1Nc1nc(-c2ccc(N)cc2)nc2cc[nH]c12. The first-order chi connectivity index (χ1) is 12.6. The molecule has 0 unspecified atom stereocenters. The molecule has 128 valence electrons. The van der Waals surface area contributed by atoms with Crippen molar-refractivity contribution in [1.29, 1.82) is 0 Å². The van der Waals surface area contributed by atoms with Crippen LogP contribution in [0.4, 0.5) is 17.2 Å². The molecule has 26 heavy (non-hydrogen) atoms. The van der Waals surface area contributed by atoms with Gasteiger partial charge in [0.05, 0.1) is 5.52 Å². The van der Waals surface area contributed by atoms with Crippen molar-refractivity contribution >= 4 is 34.5 Å². The second kappa shape index (κ2) is 6.33. The summed E-state index contributed by atoms with van der Waals surface area (Å²) in [5, 5.41) is 3.33. The number of benzene rings is 2. The summed E-state index contributed by atoms with van der Waals surface area (Å²) >= 11 is 0. The molecule has 0 aliphatic heterocycles. The lowest BCUT2D eigenvalue weighted by molar-refractivity contribution is 0.112. The van der Waals surface area contributed by atoms with Gasteiger partial charge in [-0.05, 0) is 48.9 Å². The highest BCUT2D eigenvalue weighted by molar-refractivity contribution is 5.90. The van der Waals surface area contributed by atoms with Gasteiger partial charge in [0.1, 0.15) is 11.8 Å².